The first kappa shape index (κ1) is 32.8. The number of nitrogens with one attached hydrogen (secondary N) is 4. The molecule has 0 spiro atoms. The average Bonchev–Trinajstić information content (AvgIpc) is 3.72. The Morgan fingerprint density at radius 1 is 0.750 bits per heavy atom. The van der Waals surface area contributed by atoms with Crippen LogP contribution in [-0.2, 0) is 19.1 Å². The highest BCUT2D eigenvalue weighted by molar-refractivity contribution is 5.90. The second-order valence-electron chi connectivity index (χ2n) is 15.7. The standard InChI is InChI=1S/C35H60N4O5/c1-8-20-16(3)23-12-25-18(5)22(10-11-29(40)41)32(38-25)31-33-30(34(42)35(31)44-15-43-7)19(6)26(39-33)14-28-21(9-2)17(4)24(37-28)13-27(20)36-23/h16-28,30-33,35-39H,8-15H2,1-7H3,(H,40,41). The maximum atomic E-state index is 14.2. The van der Waals surface area contributed by atoms with Crippen molar-refractivity contribution in [2.24, 2.45) is 53.3 Å². The van der Waals surface area contributed by atoms with Crippen molar-refractivity contribution < 1.29 is 24.2 Å². The van der Waals surface area contributed by atoms with Crippen LogP contribution in [0.4, 0.5) is 0 Å². The molecule has 5 saturated heterocycles. The van der Waals surface area contributed by atoms with Crippen LogP contribution in [0.25, 0.3) is 0 Å². The van der Waals surface area contributed by atoms with Gasteiger partial charge in [-0.25, -0.2) is 0 Å². The van der Waals surface area contributed by atoms with Crippen LogP contribution in [0.5, 0.6) is 0 Å². The molecule has 1 saturated carbocycles. The first-order valence-electron chi connectivity index (χ1n) is 18.0. The van der Waals surface area contributed by atoms with Crippen molar-refractivity contribution in [3.05, 3.63) is 0 Å². The van der Waals surface area contributed by atoms with E-state index in [1.165, 1.54) is 19.3 Å². The average molecular weight is 617 g/mol. The van der Waals surface area contributed by atoms with E-state index in [1.807, 2.05) is 0 Å². The predicted octanol–water partition coefficient (Wildman–Crippen LogP) is 3.41. The largest absolute Gasteiger partial charge is 0.481 e. The van der Waals surface area contributed by atoms with Gasteiger partial charge in [0.1, 0.15) is 12.9 Å². The van der Waals surface area contributed by atoms with Crippen molar-refractivity contribution in [1.29, 1.82) is 0 Å². The van der Waals surface area contributed by atoms with Gasteiger partial charge in [0.05, 0.1) is 0 Å². The lowest BCUT2D eigenvalue weighted by atomic mass is 9.76. The number of carboxylic acids is 1. The molecule has 0 aromatic heterocycles. The molecule has 9 nitrogen and oxygen atoms in total. The van der Waals surface area contributed by atoms with Gasteiger partial charge in [-0.05, 0) is 67.1 Å². The van der Waals surface area contributed by atoms with E-state index < -0.39 is 12.1 Å². The highest BCUT2D eigenvalue weighted by atomic mass is 16.7. The third kappa shape index (κ3) is 5.59. The quantitative estimate of drug-likeness (QED) is 0.261. The third-order valence-corrected chi connectivity index (χ3v) is 14.0. The number of fused-ring (bicyclic) bond motifs is 8. The van der Waals surface area contributed by atoms with Gasteiger partial charge in [0, 0.05) is 73.7 Å². The van der Waals surface area contributed by atoms with E-state index >= 15 is 0 Å². The van der Waals surface area contributed by atoms with E-state index in [0.717, 1.165) is 12.8 Å². The molecule has 1 aliphatic carbocycles. The minimum absolute atomic E-state index is 0.00777. The topological polar surface area (TPSA) is 121 Å². The molecule has 18 unspecified atom stereocenters. The Hall–Kier alpha value is -1.10. The van der Waals surface area contributed by atoms with Crippen LogP contribution in [0.2, 0.25) is 0 Å². The monoisotopic (exact) mass is 616 g/mol. The van der Waals surface area contributed by atoms with Gasteiger partial charge in [-0.15, -0.1) is 0 Å². The fourth-order valence-electron chi connectivity index (χ4n) is 11.6. The summed E-state index contributed by atoms with van der Waals surface area (Å²) in [7, 11) is 1.61. The zero-order chi connectivity index (χ0) is 31.4. The van der Waals surface area contributed by atoms with Gasteiger partial charge in [-0.2, -0.15) is 0 Å². The second kappa shape index (κ2) is 13.2. The summed E-state index contributed by atoms with van der Waals surface area (Å²) < 4.78 is 11.6. The van der Waals surface area contributed by atoms with Crippen LogP contribution >= 0.6 is 0 Å². The summed E-state index contributed by atoms with van der Waals surface area (Å²) >= 11 is 0. The number of carboxylic acid groups (broad SMARTS) is 1. The zero-order valence-electron chi connectivity index (χ0n) is 28.1. The number of ketones is 1. The zero-order valence-corrected chi connectivity index (χ0v) is 28.1. The van der Waals surface area contributed by atoms with Crippen molar-refractivity contribution in [3.63, 3.8) is 0 Å². The normalized spacial score (nSPS) is 51.8. The molecule has 250 valence electrons. The third-order valence-electron chi connectivity index (χ3n) is 14.0. The first-order chi connectivity index (χ1) is 21.1. The summed E-state index contributed by atoms with van der Waals surface area (Å²) in [4.78, 5) is 26.1. The van der Waals surface area contributed by atoms with E-state index in [2.05, 4.69) is 62.8 Å². The smallest absolute Gasteiger partial charge is 0.303 e. The van der Waals surface area contributed by atoms with Crippen LogP contribution in [0.15, 0.2) is 0 Å². The van der Waals surface area contributed by atoms with Gasteiger partial charge < -0.3 is 35.8 Å². The van der Waals surface area contributed by atoms with Gasteiger partial charge >= 0.3 is 5.97 Å². The number of carbonyl (C=O) groups is 2. The Morgan fingerprint density at radius 3 is 1.80 bits per heavy atom. The highest BCUT2D eigenvalue weighted by Crippen LogP contribution is 2.50. The molecule has 5 N–H and O–H groups in total. The van der Waals surface area contributed by atoms with Crippen molar-refractivity contribution >= 4 is 11.8 Å². The van der Waals surface area contributed by atoms with Crippen LogP contribution in [0, 0.1) is 53.3 Å². The van der Waals surface area contributed by atoms with Gasteiger partial charge in [-0.1, -0.05) is 54.4 Å². The van der Waals surface area contributed by atoms with E-state index in [0.29, 0.717) is 60.2 Å². The molecule has 0 amide bonds. The molecule has 6 fully saturated rings. The maximum Gasteiger partial charge on any atom is 0.303 e. The Labute approximate surface area is 265 Å². The number of ether oxygens (including phenoxy) is 2. The molecule has 18 atom stereocenters. The number of methoxy groups -OCH3 is 1. The van der Waals surface area contributed by atoms with Crippen LogP contribution in [0.3, 0.4) is 0 Å². The molecule has 6 rings (SSSR count). The summed E-state index contributed by atoms with van der Waals surface area (Å²) in [6.07, 6.45) is 5.79. The number of aliphatic carboxylic acids is 1. The minimum Gasteiger partial charge on any atom is -0.481 e. The molecule has 8 bridgehead atoms. The number of hydrogen-bond acceptors (Lipinski definition) is 8. The van der Waals surface area contributed by atoms with Gasteiger partial charge in [0.2, 0.25) is 0 Å². The van der Waals surface area contributed by atoms with Gasteiger partial charge in [-0.3, -0.25) is 9.59 Å². The molecule has 5 aliphatic heterocycles. The van der Waals surface area contributed by atoms with Crippen molar-refractivity contribution in [2.45, 2.75) is 141 Å². The molecular formula is C35H60N4O5. The van der Waals surface area contributed by atoms with Crippen molar-refractivity contribution in [2.75, 3.05) is 13.9 Å². The maximum absolute atomic E-state index is 14.2. The van der Waals surface area contributed by atoms with E-state index in [1.54, 1.807) is 7.11 Å². The summed E-state index contributed by atoms with van der Waals surface area (Å²) in [5, 5.41) is 26.2. The lowest BCUT2D eigenvalue weighted by Crippen LogP contribution is -2.52. The second-order valence-corrected chi connectivity index (χ2v) is 15.7. The Morgan fingerprint density at radius 2 is 1.25 bits per heavy atom. The molecule has 0 aromatic rings. The molecule has 5 heterocycles. The molecule has 0 radical (unpaired) electrons. The van der Waals surface area contributed by atoms with E-state index in [9.17, 15) is 14.7 Å². The van der Waals surface area contributed by atoms with Crippen LogP contribution in [0.1, 0.15) is 86.5 Å². The lowest BCUT2D eigenvalue weighted by Gasteiger charge is -2.35. The van der Waals surface area contributed by atoms with Crippen LogP contribution < -0.4 is 21.3 Å². The first-order valence-corrected chi connectivity index (χ1v) is 18.0. The fraction of sp³-hybridized carbons (Fsp3) is 0.943. The number of Topliss-reactive ketones (excluding diaryl/α,β-unsaturated/α-hetero) is 1. The lowest BCUT2D eigenvalue weighted by molar-refractivity contribution is -0.144. The molecule has 44 heavy (non-hydrogen) atoms. The minimum atomic E-state index is -0.750. The van der Waals surface area contributed by atoms with Crippen LogP contribution in [-0.4, -0.2) is 85.2 Å². The van der Waals surface area contributed by atoms with Gasteiger partial charge in [0.15, 0.2) is 5.78 Å². The predicted molar refractivity (Wildman–Crippen MR) is 170 cm³/mol. The summed E-state index contributed by atoms with van der Waals surface area (Å²) in [6, 6.07) is 2.40. The number of rotatable bonds is 8. The summed E-state index contributed by atoms with van der Waals surface area (Å²) in [6.45, 7) is 14.3. The summed E-state index contributed by atoms with van der Waals surface area (Å²) in [5.74, 6) is 2.44. The highest BCUT2D eigenvalue weighted by Gasteiger charge is 2.63. The number of carbonyl (C=O) groups excluding carboxylic acids is 1. The SMILES string of the molecule is CCC1C2CC3NC(CC4NC5C(C(=O)C(OCOC)C5C5NC(CC(N2)C1C)C(C)C5CCC(=O)O)C4C)C(CC)C3C. The Kier molecular flexibility index (Phi) is 9.84. The van der Waals surface area contributed by atoms with Crippen molar-refractivity contribution in [1.82, 2.24) is 21.3 Å². The van der Waals surface area contributed by atoms with E-state index in [-0.39, 0.29) is 66.8 Å². The molecular weight excluding hydrogens is 556 g/mol. The van der Waals surface area contributed by atoms with Crippen molar-refractivity contribution in [3.8, 4) is 0 Å². The Bertz CT molecular complexity index is 1040. The summed E-state index contributed by atoms with van der Waals surface area (Å²) in [5.41, 5.74) is 0. The number of hydrogen-bond donors (Lipinski definition) is 5. The molecule has 9 heteroatoms. The Balaban J connectivity index is 1.38. The van der Waals surface area contributed by atoms with E-state index in [4.69, 9.17) is 9.47 Å². The fourth-order valence-corrected chi connectivity index (χ4v) is 11.6. The molecule has 6 aliphatic rings. The molecule has 0 aromatic carbocycles. The van der Waals surface area contributed by atoms with Gasteiger partial charge in [0.25, 0.3) is 0 Å².